The second-order valence-corrected chi connectivity index (χ2v) is 4.24. The van der Waals surface area contributed by atoms with Crippen LogP contribution in [0.1, 0.15) is 11.1 Å². The smallest absolute Gasteiger partial charge is 0.165 e. The van der Waals surface area contributed by atoms with Crippen LogP contribution in [0.25, 0.3) is 0 Å². The molecule has 4 nitrogen and oxygen atoms in total. The van der Waals surface area contributed by atoms with E-state index in [1.807, 2.05) is 6.07 Å². The van der Waals surface area contributed by atoms with Gasteiger partial charge in [-0.05, 0) is 17.7 Å². The average Bonchev–Trinajstić information content (AvgIpc) is 2.37. The monoisotopic (exact) mass is 233 g/mol. The molecule has 2 rings (SSSR count). The first-order chi connectivity index (χ1) is 8.28. The first-order valence-corrected chi connectivity index (χ1v) is 5.72. The summed E-state index contributed by atoms with van der Waals surface area (Å²) in [5.74, 6) is 1.56. The predicted octanol–water partition coefficient (Wildman–Crippen LogP) is 0.168. The molecular weight excluding hydrogens is 216 g/mol. The van der Waals surface area contributed by atoms with Gasteiger partial charge in [0.2, 0.25) is 0 Å². The van der Waals surface area contributed by atoms with Crippen LogP contribution in [0, 0.1) is 11.3 Å². The zero-order valence-electron chi connectivity index (χ0n) is 10.2. The van der Waals surface area contributed by atoms with Gasteiger partial charge in [-0.1, -0.05) is 0 Å². The van der Waals surface area contributed by atoms with Crippen LogP contribution in [-0.4, -0.2) is 27.3 Å². The van der Waals surface area contributed by atoms with E-state index in [0.29, 0.717) is 6.54 Å². The summed E-state index contributed by atoms with van der Waals surface area (Å²) >= 11 is 0. The number of nitrogens with one attached hydrogen (secondary N) is 1. The molecule has 0 radical (unpaired) electrons. The van der Waals surface area contributed by atoms with Crippen LogP contribution in [0.15, 0.2) is 12.1 Å². The summed E-state index contributed by atoms with van der Waals surface area (Å²) in [6, 6.07) is 6.31. The van der Waals surface area contributed by atoms with E-state index in [2.05, 4.69) is 12.1 Å². The fourth-order valence-electron chi connectivity index (χ4n) is 2.29. The summed E-state index contributed by atoms with van der Waals surface area (Å²) in [5, 5.41) is 8.73. The van der Waals surface area contributed by atoms with Crippen molar-refractivity contribution in [1.82, 2.24) is 0 Å². The van der Waals surface area contributed by atoms with Crippen molar-refractivity contribution < 1.29 is 14.4 Å². The Labute approximate surface area is 101 Å². The third-order valence-corrected chi connectivity index (χ3v) is 3.22. The molecule has 0 aliphatic carbocycles. The minimum atomic E-state index is 0.563. The first-order valence-electron chi connectivity index (χ1n) is 5.72. The maximum Gasteiger partial charge on any atom is 0.165 e. The second kappa shape index (κ2) is 5.07. The maximum atomic E-state index is 8.73. The molecule has 1 heterocycles. The van der Waals surface area contributed by atoms with Gasteiger partial charge in [0.05, 0.1) is 20.8 Å². The molecule has 0 bridgehead atoms. The van der Waals surface area contributed by atoms with Gasteiger partial charge in [0.1, 0.15) is 12.6 Å². The van der Waals surface area contributed by atoms with Crippen molar-refractivity contribution in [1.29, 1.82) is 5.26 Å². The summed E-state index contributed by atoms with van der Waals surface area (Å²) in [5.41, 5.74) is 2.57. The van der Waals surface area contributed by atoms with Gasteiger partial charge in [0, 0.05) is 12.0 Å². The van der Waals surface area contributed by atoms with Gasteiger partial charge in [0.15, 0.2) is 18.0 Å². The average molecular weight is 233 g/mol. The van der Waals surface area contributed by atoms with Crippen LogP contribution in [0.5, 0.6) is 11.5 Å². The Hall–Kier alpha value is -1.73. The van der Waals surface area contributed by atoms with E-state index in [0.717, 1.165) is 31.0 Å². The standard InChI is InChI=1S/C13H16N2O2/c1-16-12-7-10-3-5-15(6-4-14)9-11(10)8-13(12)17-2/h7-8H,3,5-6,9H2,1-2H3/p+1. The summed E-state index contributed by atoms with van der Waals surface area (Å²) in [4.78, 5) is 1.31. The van der Waals surface area contributed by atoms with Crippen LogP contribution in [0.3, 0.4) is 0 Å². The van der Waals surface area contributed by atoms with Crippen LogP contribution in [-0.2, 0) is 13.0 Å². The van der Waals surface area contributed by atoms with E-state index >= 15 is 0 Å². The molecule has 90 valence electrons. The Morgan fingerprint density at radius 1 is 1.24 bits per heavy atom. The van der Waals surface area contributed by atoms with Crippen molar-refractivity contribution in [2.24, 2.45) is 0 Å². The largest absolute Gasteiger partial charge is 0.493 e. The van der Waals surface area contributed by atoms with Crippen molar-refractivity contribution in [2.45, 2.75) is 13.0 Å². The highest BCUT2D eigenvalue weighted by Crippen LogP contribution is 2.31. The number of quaternary nitrogens is 1. The molecule has 4 heteroatoms. The highest BCUT2D eigenvalue weighted by molar-refractivity contribution is 5.47. The van der Waals surface area contributed by atoms with Crippen molar-refractivity contribution in [3.05, 3.63) is 23.3 Å². The normalized spacial score (nSPS) is 18.1. The summed E-state index contributed by atoms with van der Waals surface area (Å²) < 4.78 is 10.6. The van der Waals surface area contributed by atoms with Crippen molar-refractivity contribution in [3.8, 4) is 17.6 Å². The molecule has 0 saturated heterocycles. The second-order valence-electron chi connectivity index (χ2n) is 4.24. The SMILES string of the molecule is COc1cc2c(cc1OC)C[NH+](CC#N)CC2. The van der Waals surface area contributed by atoms with Crippen molar-refractivity contribution >= 4 is 0 Å². The quantitative estimate of drug-likeness (QED) is 0.757. The molecule has 1 unspecified atom stereocenters. The van der Waals surface area contributed by atoms with E-state index < -0.39 is 0 Å². The van der Waals surface area contributed by atoms with Crippen LogP contribution in [0.2, 0.25) is 0 Å². The number of nitrogens with zero attached hydrogens (tertiary/aromatic N) is 1. The number of rotatable bonds is 3. The van der Waals surface area contributed by atoms with E-state index in [9.17, 15) is 0 Å². The van der Waals surface area contributed by atoms with Crippen molar-refractivity contribution in [2.75, 3.05) is 27.3 Å². The van der Waals surface area contributed by atoms with E-state index in [1.165, 1.54) is 16.0 Å². The van der Waals surface area contributed by atoms with Gasteiger partial charge in [-0.2, -0.15) is 5.26 Å². The Bertz CT molecular complexity index is 451. The first kappa shape index (κ1) is 11.7. The summed E-state index contributed by atoms with van der Waals surface area (Å²) in [6.45, 7) is 2.47. The lowest BCUT2D eigenvalue weighted by atomic mass is 9.99. The molecule has 1 aromatic carbocycles. The molecule has 0 aromatic heterocycles. The molecule has 17 heavy (non-hydrogen) atoms. The number of hydrogen-bond acceptors (Lipinski definition) is 3. The summed E-state index contributed by atoms with van der Waals surface area (Å²) in [6.07, 6.45) is 0.993. The van der Waals surface area contributed by atoms with Gasteiger partial charge >= 0.3 is 0 Å². The third kappa shape index (κ3) is 2.34. The number of hydrogen-bond donors (Lipinski definition) is 1. The highest BCUT2D eigenvalue weighted by Gasteiger charge is 2.21. The molecule has 1 aliphatic heterocycles. The molecule has 1 aliphatic rings. The number of benzene rings is 1. The highest BCUT2D eigenvalue weighted by atomic mass is 16.5. The maximum absolute atomic E-state index is 8.73. The number of fused-ring (bicyclic) bond motifs is 1. The fraction of sp³-hybridized carbons (Fsp3) is 0.462. The molecule has 0 amide bonds. The van der Waals surface area contributed by atoms with Gasteiger partial charge in [0.25, 0.3) is 0 Å². The molecule has 0 saturated carbocycles. The summed E-state index contributed by atoms with van der Waals surface area (Å²) in [7, 11) is 3.30. The molecule has 0 spiro atoms. The Kier molecular flexibility index (Phi) is 3.50. The van der Waals surface area contributed by atoms with Gasteiger partial charge in [-0.3, -0.25) is 0 Å². The number of methoxy groups -OCH3 is 2. The lowest BCUT2D eigenvalue weighted by Crippen LogP contribution is -3.11. The molecule has 0 fully saturated rings. The minimum Gasteiger partial charge on any atom is -0.493 e. The number of ether oxygens (including phenoxy) is 2. The van der Waals surface area contributed by atoms with E-state index in [-0.39, 0.29) is 0 Å². The zero-order chi connectivity index (χ0) is 12.3. The molecular formula is C13H17N2O2+. The lowest BCUT2D eigenvalue weighted by Gasteiger charge is -2.24. The van der Waals surface area contributed by atoms with Crippen LogP contribution in [0.4, 0.5) is 0 Å². The third-order valence-electron chi connectivity index (χ3n) is 3.22. The zero-order valence-corrected chi connectivity index (χ0v) is 10.2. The Morgan fingerprint density at radius 3 is 2.47 bits per heavy atom. The molecule has 1 N–H and O–H groups in total. The van der Waals surface area contributed by atoms with Crippen molar-refractivity contribution in [3.63, 3.8) is 0 Å². The minimum absolute atomic E-state index is 0.563. The van der Waals surface area contributed by atoms with Crippen LogP contribution < -0.4 is 14.4 Å². The lowest BCUT2D eigenvalue weighted by molar-refractivity contribution is -0.908. The molecule has 1 atom stereocenters. The Morgan fingerprint density at radius 2 is 1.88 bits per heavy atom. The van der Waals surface area contributed by atoms with Gasteiger partial charge < -0.3 is 14.4 Å². The van der Waals surface area contributed by atoms with Crippen LogP contribution >= 0.6 is 0 Å². The fourth-order valence-corrected chi connectivity index (χ4v) is 2.29. The number of nitriles is 1. The van der Waals surface area contributed by atoms with E-state index in [4.69, 9.17) is 14.7 Å². The van der Waals surface area contributed by atoms with E-state index in [1.54, 1.807) is 14.2 Å². The van der Waals surface area contributed by atoms with Gasteiger partial charge in [-0.15, -0.1) is 0 Å². The van der Waals surface area contributed by atoms with Gasteiger partial charge in [-0.25, -0.2) is 0 Å². The predicted molar refractivity (Wildman–Crippen MR) is 63.3 cm³/mol. The molecule has 1 aromatic rings. The Balaban J connectivity index is 2.29. The topological polar surface area (TPSA) is 46.7 Å².